The zero-order valence-corrected chi connectivity index (χ0v) is 29.9. The topological polar surface area (TPSA) is 193 Å². The summed E-state index contributed by atoms with van der Waals surface area (Å²) in [6.45, 7) is 14.7. The number of nitrogen functional groups attached to an aromatic ring is 1. The molecule has 5 unspecified atom stereocenters. The molecule has 2 radical (unpaired) electrons. The van der Waals surface area contributed by atoms with Crippen LogP contribution < -0.4 is 16.6 Å². The number of anilines is 1. The molecule has 2 aromatic carbocycles. The van der Waals surface area contributed by atoms with Gasteiger partial charge in [0, 0.05) is 22.7 Å². The van der Waals surface area contributed by atoms with Crippen LogP contribution in [0.15, 0.2) is 53.6 Å². The molecule has 0 spiro atoms. The summed E-state index contributed by atoms with van der Waals surface area (Å²) >= 11 is 0. The largest absolute Gasteiger partial charge is 0.455 e. The number of aromatic nitrogens is 4. The number of nitrogens with two attached hydrogens (primary N) is 1. The van der Waals surface area contributed by atoms with Crippen molar-refractivity contribution in [3.8, 4) is 0 Å². The molecule has 5 rings (SSSR count). The summed E-state index contributed by atoms with van der Waals surface area (Å²) in [5, 5.41) is 27.1. The fourth-order valence-corrected chi connectivity index (χ4v) is 6.40. The maximum atomic E-state index is 13.9. The normalized spacial score (nSPS) is 22.0. The summed E-state index contributed by atoms with van der Waals surface area (Å²) in [6.07, 6.45) is -1.33. The molecule has 262 valence electrons. The lowest BCUT2D eigenvalue weighted by Crippen LogP contribution is -2.56. The van der Waals surface area contributed by atoms with E-state index in [1.54, 1.807) is 40.0 Å². The first kappa shape index (κ1) is 36.0. The van der Waals surface area contributed by atoms with Gasteiger partial charge >= 0.3 is 12.1 Å². The lowest BCUT2D eigenvalue weighted by Gasteiger charge is -2.38. The average Bonchev–Trinajstić information content (AvgIpc) is 3.44. The van der Waals surface area contributed by atoms with Gasteiger partial charge in [0.25, 0.3) is 5.56 Å². The van der Waals surface area contributed by atoms with Gasteiger partial charge in [-0.15, -0.1) is 0 Å². The number of amides is 1. The molecule has 49 heavy (non-hydrogen) atoms. The molecule has 3 heterocycles. The Morgan fingerprint density at radius 3 is 2.53 bits per heavy atom. The Kier molecular flexibility index (Phi) is 9.94. The van der Waals surface area contributed by atoms with Crippen molar-refractivity contribution in [2.45, 2.75) is 103 Å². The molecule has 0 aliphatic carbocycles. The van der Waals surface area contributed by atoms with E-state index < -0.39 is 59.2 Å². The Bertz CT molecular complexity index is 1880. The maximum Gasteiger partial charge on any atom is 0.408 e. The van der Waals surface area contributed by atoms with Gasteiger partial charge in [-0.25, -0.2) is 19.4 Å². The number of benzene rings is 1. The summed E-state index contributed by atoms with van der Waals surface area (Å²) in [6, 6.07) is 9.59. The second-order valence-corrected chi connectivity index (χ2v) is 16.4. The van der Waals surface area contributed by atoms with Crippen molar-refractivity contribution < 1.29 is 33.3 Å². The van der Waals surface area contributed by atoms with E-state index in [0.717, 1.165) is 5.56 Å². The molecule has 4 aromatic rings. The first-order valence-electron chi connectivity index (χ1n) is 16.0. The summed E-state index contributed by atoms with van der Waals surface area (Å²) < 4.78 is 25.8. The number of nitrogens with one attached hydrogen (secondary N) is 2. The predicted octanol–water partition coefficient (Wildman–Crippen LogP) is 4.00. The Hall–Kier alpha value is -4.31. The van der Waals surface area contributed by atoms with Crippen molar-refractivity contribution >= 4 is 49.2 Å². The van der Waals surface area contributed by atoms with Crippen LogP contribution in [-0.2, 0) is 30.0 Å². The molecule has 5 N–H and O–H groups in total. The fourth-order valence-electron chi connectivity index (χ4n) is 5.71. The average molecular weight is 693 g/mol. The molecule has 2 aromatic heterocycles. The summed E-state index contributed by atoms with van der Waals surface area (Å²) in [5.41, 5.74) is 4.36. The van der Waals surface area contributed by atoms with E-state index in [1.807, 2.05) is 51.1 Å². The lowest BCUT2D eigenvalue weighted by atomic mass is 9.88. The Morgan fingerprint density at radius 1 is 1.18 bits per heavy atom. The van der Waals surface area contributed by atoms with Gasteiger partial charge in [0.2, 0.25) is 9.76 Å². The molecule has 15 heteroatoms. The molecule has 1 amide bonds. The number of hydrogen-bond acceptors (Lipinski definition) is 11. The van der Waals surface area contributed by atoms with Gasteiger partial charge in [-0.2, -0.15) is 10.2 Å². The van der Waals surface area contributed by atoms with E-state index in [0.29, 0.717) is 27.4 Å². The number of H-pyrrole nitrogens is 1. The van der Waals surface area contributed by atoms with Crippen LogP contribution in [0.25, 0.3) is 21.7 Å². The van der Waals surface area contributed by atoms with Gasteiger partial charge in [-0.05, 0) is 43.4 Å². The third-order valence-electron chi connectivity index (χ3n) is 8.31. The van der Waals surface area contributed by atoms with E-state index in [4.69, 9.17) is 24.4 Å². The number of esters is 1. The van der Waals surface area contributed by atoms with Gasteiger partial charge in [0.15, 0.2) is 12.3 Å². The van der Waals surface area contributed by atoms with Crippen LogP contribution in [0.1, 0.15) is 67.2 Å². The Balaban J connectivity index is 1.48. The highest BCUT2D eigenvalue weighted by atomic mass is 28.2. The van der Waals surface area contributed by atoms with Crippen LogP contribution >= 0.6 is 0 Å². The fraction of sp³-hybridized carbons (Fsp3) is 0.500. The number of aliphatic hydroxyl groups is 1. The van der Waals surface area contributed by atoms with Gasteiger partial charge in [-0.3, -0.25) is 4.79 Å². The number of aromatic amines is 1. The molecule has 14 nitrogen and oxygen atoms in total. The first-order chi connectivity index (χ1) is 22.9. The van der Waals surface area contributed by atoms with E-state index in [2.05, 4.69) is 20.6 Å². The first-order valence-corrected chi connectivity index (χ1v) is 17.0. The zero-order valence-electron chi connectivity index (χ0n) is 28.9. The highest BCUT2D eigenvalue weighted by Crippen LogP contribution is 2.45. The predicted molar refractivity (Wildman–Crippen MR) is 184 cm³/mol. The second kappa shape index (κ2) is 13.5. The minimum atomic E-state index is -1.89. The molecule has 0 saturated carbocycles. The molecule has 1 saturated heterocycles. The van der Waals surface area contributed by atoms with Crippen LogP contribution in [0.2, 0.25) is 5.04 Å². The molecular weight excluding hydrogens is 648 g/mol. The van der Waals surface area contributed by atoms with Crippen LogP contribution in [-0.4, -0.2) is 76.4 Å². The number of rotatable bonds is 10. The van der Waals surface area contributed by atoms with E-state index >= 15 is 0 Å². The van der Waals surface area contributed by atoms with Crippen molar-refractivity contribution in [2.75, 3.05) is 5.73 Å². The minimum absolute atomic E-state index is 0.0163. The smallest absolute Gasteiger partial charge is 0.408 e. The maximum absolute atomic E-state index is 13.9. The molecule has 1 fully saturated rings. The molecular formula is C34H44N6O8Si. The number of carbonyl (C=O) groups is 2. The number of nitrogens with zero attached hydrogens (tertiary/aromatic N) is 3. The second-order valence-electron chi connectivity index (χ2n) is 14.5. The Morgan fingerprint density at radius 2 is 1.88 bits per heavy atom. The highest BCUT2D eigenvalue weighted by molar-refractivity contribution is 6.31. The Labute approximate surface area is 286 Å². The third kappa shape index (κ3) is 7.64. The van der Waals surface area contributed by atoms with Crippen LogP contribution in [0.4, 0.5) is 10.5 Å². The van der Waals surface area contributed by atoms with Crippen molar-refractivity contribution in [3.05, 3.63) is 64.7 Å². The number of ether oxygens (including phenoxy) is 3. The van der Waals surface area contributed by atoms with E-state index in [9.17, 15) is 19.5 Å². The van der Waals surface area contributed by atoms with Crippen molar-refractivity contribution in [2.24, 2.45) is 5.92 Å². The van der Waals surface area contributed by atoms with Crippen molar-refractivity contribution in [1.82, 2.24) is 25.3 Å². The summed E-state index contributed by atoms with van der Waals surface area (Å²) in [5.74, 6) is -1.19. The SMILES string of the molecule is CC(C)C(NC(=O)OCc1ccccc1)C(=O)OC1C(C(C)(C)O[Si]C(C)(C)C)OC(n2cc3c(N)cc4c(=O)[nH]ncc(n2)c34)C1(C)O. The summed E-state index contributed by atoms with van der Waals surface area (Å²) in [4.78, 5) is 39.2. The van der Waals surface area contributed by atoms with Gasteiger partial charge in [-0.1, -0.05) is 65.0 Å². The van der Waals surface area contributed by atoms with Crippen LogP contribution in [0.3, 0.4) is 0 Å². The minimum Gasteiger partial charge on any atom is -0.455 e. The van der Waals surface area contributed by atoms with E-state index in [-0.39, 0.29) is 21.4 Å². The van der Waals surface area contributed by atoms with Crippen molar-refractivity contribution in [3.63, 3.8) is 0 Å². The lowest BCUT2D eigenvalue weighted by molar-refractivity contribution is -0.171. The number of carbonyl (C=O) groups excluding carboxylic acids is 2. The molecule has 0 bridgehead atoms. The molecule has 1 aliphatic heterocycles. The van der Waals surface area contributed by atoms with Crippen LogP contribution in [0.5, 0.6) is 0 Å². The zero-order chi connectivity index (χ0) is 35.9. The van der Waals surface area contributed by atoms with E-state index in [1.165, 1.54) is 17.8 Å². The van der Waals surface area contributed by atoms with Gasteiger partial charge in [0.05, 0.1) is 17.2 Å². The van der Waals surface area contributed by atoms with Crippen LogP contribution in [0, 0.1) is 5.92 Å². The molecule has 1 aliphatic rings. The quantitative estimate of drug-likeness (QED) is 0.139. The van der Waals surface area contributed by atoms with Crippen molar-refractivity contribution in [1.29, 1.82) is 0 Å². The third-order valence-corrected chi connectivity index (χ3v) is 9.55. The monoisotopic (exact) mass is 692 g/mol. The molecule has 5 atom stereocenters. The van der Waals surface area contributed by atoms with Gasteiger partial charge < -0.3 is 34.8 Å². The highest BCUT2D eigenvalue weighted by Gasteiger charge is 2.61. The summed E-state index contributed by atoms with van der Waals surface area (Å²) in [7, 11) is 0.0410. The van der Waals surface area contributed by atoms with Gasteiger partial charge in [0.1, 0.15) is 29.9 Å². The number of alkyl carbamates (subject to hydrolysis) is 1. The standard InChI is InChI=1S/C34H44N6O8Si/c1-18(2)25(37-31(43)45-17-19-12-10-9-11-13-19)29(42)46-27-26(33(6,7)48-49-32(3,4)5)47-30(34(27,8)44)40-16-21-22(35)14-20-24(21)23(39-40)15-36-38-28(20)41/h9-16,18,25-27,30,44H,17,35H2,1-8H3,(H,37,43)(H,38,41). The number of hydrogen-bond donors (Lipinski definition) is 4.